The molecule has 1 amide bonds. The number of nitrogens with one attached hydrogen (secondary N) is 2. The molecule has 0 saturated carbocycles. The molecule has 2 atom stereocenters. The number of carboxylic acid groups (broad SMARTS) is 1. The number of aliphatic carboxylic acids is 1. The van der Waals surface area contributed by atoms with E-state index in [4.69, 9.17) is 0 Å². The molecule has 2 unspecified atom stereocenters. The van der Waals surface area contributed by atoms with Crippen LogP contribution in [-0.4, -0.2) is 61.8 Å². The number of carbonyl (C=O) groups excluding carboxylic acids is 1. The lowest BCUT2D eigenvalue weighted by molar-refractivity contribution is -0.155. The van der Waals surface area contributed by atoms with E-state index in [1.54, 1.807) is 83.8 Å². The van der Waals surface area contributed by atoms with E-state index >= 15 is 0 Å². The minimum absolute atomic E-state index is 0.0645. The van der Waals surface area contributed by atoms with Crippen LogP contribution in [0.4, 0.5) is 0 Å². The van der Waals surface area contributed by atoms with Gasteiger partial charge in [-0.25, -0.2) is 4.79 Å². The van der Waals surface area contributed by atoms with Crippen LogP contribution in [0.3, 0.4) is 0 Å². The molecule has 5 aromatic rings. The monoisotopic (exact) mass is 645 g/mol. The maximum Gasteiger partial charge on any atom is 0.345 e. The van der Waals surface area contributed by atoms with Gasteiger partial charge in [-0.15, -0.1) is 0 Å². The van der Waals surface area contributed by atoms with Crippen LogP contribution in [0, 0.1) is 0 Å². The lowest BCUT2D eigenvalue weighted by atomic mass is 9.85. The molecule has 1 aromatic heterocycles. The first kappa shape index (κ1) is 32.4. The Labute approximate surface area is 276 Å². The van der Waals surface area contributed by atoms with Crippen molar-refractivity contribution in [1.29, 1.82) is 0 Å². The van der Waals surface area contributed by atoms with Gasteiger partial charge in [0.1, 0.15) is 5.75 Å². The Morgan fingerprint density at radius 2 is 1.60 bits per heavy atom. The summed E-state index contributed by atoms with van der Waals surface area (Å²) in [4.78, 5) is 41.4. The van der Waals surface area contributed by atoms with Crippen LogP contribution in [-0.2, 0) is 16.9 Å². The SMILES string of the molecule is O=C(c1ccc(CNCC(O)c2ccc(O)c3[nH]c(=O)ccc23)cc1)N1CC=C(c2ccc(C(O)(C(=O)O)c3ccccc3)cc2)CC1. The Kier molecular flexibility index (Phi) is 9.22. The number of H-pyrrole nitrogens is 1. The van der Waals surface area contributed by atoms with Crippen molar-refractivity contribution in [1.82, 2.24) is 15.2 Å². The first-order chi connectivity index (χ1) is 23.1. The zero-order valence-electron chi connectivity index (χ0n) is 26.0. The number of carboxylic acids is 1. The Morgan fingerprint density at radius 3 is 2.27 bits per heavy atom. The number of aromatic hydroxyl groups is 1. The molecule has 1 aliphatic heterocycles. The van der Waals surface area contributed by atoms with Crippen LogP contribution >= 0.6 is 0 Å². The van der Waals surface area contributed by atoms with Crippen LogP contribution in [0.15, 0.2) is 114 Å². The zero-order chi connectivity index (χ0) is 33.8. The van der Waals surface area contributed by atoms with E-state index in [0.29, 0.717) is 42.6 Å². The quantitative estimate of drug-likeness (QED) is 0.131. The summed E-state index contributed by atoms with van der Waals surface area (Å²) in [5.41, 5.74) is 2.35. The summed E-state index contributed by atoms with van der Waals surface area (Å²) in [5, 5.41) is 45.6. The number of aromatic amines is 1. The average molecular weight is 646 g/mol. The number of aliphatic hydroxyl groups is 2. The fraction of sp³-hybridized carbons (Fsp3) is 0.184. The number of fused-ring (bicyclic) bond motifs is 1. The van der Waals surface area contributed by atoms with Gasteiger partial charge in [-0.1, -0.05) is 78.9 Å². The molecule has 10 heteroatoms. The number of hydrogen-bond acceptors (Lipinski definition) is 7. The lowest BCUT2D eigenvalue weighted by Crippen LogP contribution is -2.36. The highest BCUT2D eigenvalue weighted by Gasteiger charge is 2.40. The minimum Gasteiger partial charge on any atom is -0.506 e. The van der Waals surface area contributed by atoms with E-state index in [0.717, 1.165) is 16.7 Å². The second-order valence-electron chi connectivity index (χ2n) is 11.8. The maximum atomic E-state index is 13.2. The molecular weight excluding hydrogens is 610 g/mol. The second-order valence-corrected chi connectivity index (χ2v) is 11.8. The van der Waals surface area contributed by atoms with Crippen LogP contribution in [0.2, 0.25) is 0 Å². The first-order valence-corrected chi connectivity index (χ1v) is 15.6. The van der Waals surface area contributed by atoms with Gasteiger partial charge in [-0.05, 0) is 64.1 Å². The Hall–Kier alpha value is -5.55. The molecular formula is C38H35N3O7. The molecule has 0 saturated heterocycles. The zero-order valence-corrected chi connectivity index (χ0v) is 26.0. The van der Waals surface area contributed by atoms with Crippen molar-refractivity contribution < 1.29 is 30.0 Å². The van der Waals surface area contributed by atoms with E-state index < -0.39 is 17.7 Å². The Morgan fingerprint density at radius 1 is 0.896 bits per heavy atom. The van der Waals surface area contributed by atoms with Crippen molar-refractivity contribution in [2.24, 2.45) is 0 Å². The smallest absolute Gasteiger partial charge is 0.345 e. The van der Waals surface area contributed by atoms with Crippen LogP contribution in [0.5, 0.6) is 5.75 Å². The van der Waals surface area contributed by atoms with Crippen LogP contribution < -0.4 is 10.9 Å². The second kappa shape index (κ2) is 13.7. The van der Waals surface area contributed by atoms with Gasteiger partial charge in [-0.3, -0.25) is 9.59 Å². The number of amides is 1. The number of nitrogens with zero attached hydrogens (tertiary/aromatic N) is 1. The molecule has 2 heterocycles. The van der Waals surface area contributed by atoms with E-state index in [2.05, 4.69) is 10.3 Å². The number of aromatic nitrogens is 1. The standard InChI is InChI=1S/C38H35N3O7/c42-32-16-14-30(31-15-17-34(44)40-35(31)32)33(43)23-39-22-24-6-8-27(9-7-24)36(45)41-20-18-26(19-21-41)25-10-12-29(13-11-25)38(48,37(46)47)28-4-2-1-3-5-28/h1-18,33,39,42-43,48H,19-23H2,(H,40,44)(H,46,47). The summed E-state index contributed by atoms with van der Waals surface area (Å²) in [6.45, 7) is 1.65. The third-order valence-corrected chi connectivity index (χ3v) is 8.80. The highest BCUT2D eigenvalue weighted by molar-refractivity contribution is 5.95. The third kappa shape index (κ3) is 6.50. The number of phenolic OH excluding ortho intramolecular Hbond substituents is 1. The number of aliphatic hydroxyl groups excluding tert-OH is 1. The van der Waals surface area contributed by atoms with E-state index in [-0.39, 0.29) is 40.4 Å². The van der Waals surface area contributed by atoms with Crippen LogP contribution in [0.1, 0.15) is 50.7 Å². The van der Waals surface area contributed by atoms with Crippen molar-refractivity contribution in [3.8, 4) is 5.75 Å². The van der Waals surface area contributed by atoms with Crippen molar-refractivity contribution in [2.75, 3.05) is 19.6 Å². The maximum absolute atomic E-state index is 13.2. The molecule has 0 aliphatic carbocycles. The number of carbonyl (C=O) groups is 2. The number of benzene rings is 4. The number of phenols is 1. The molecule has 10 nitrogen and oxygen atoms in total. The molecule has 0 fully saturated rings. The predicted octanol–water partition coefficient (Wildman–Crippen LogP) is 4.31. The van der Waals surface area contributed by atoms with Gasteiger partial charge in [0, 0.05) is 43.2 Å². The summed E-state index contributed by atoms with van der Waals surface area (Å²) in [5.74, 6) is -1.50. The van der Waals surface area contributed by atoms with Gasteiger partial charge in [0.25, 0.3) is 5.91 Å². The largest absolute Gasteiger partial charge is 0.506 e. The molecule has 48 heavy (non-hydrogen) atoms. The molecule has 4 aromatic carbocycles. The summed E-state index contributed by atoms with van der Waals surface area (Å²) in [7, 11) is 0. The summed E-state index contributed by atoms with van der Waals surface area (Å²) < 4.78 is 0. The van der Waals surface area contributed by atoms with Gasteiger partial charge >= 0.3 is 5.97 Å². The fourth-order valence-electron chi connectivity index (χ4n) is 6.09. The van der Waals surface area contributed by atoms with E-state index in [1.807, 2.05) is 18.2 Å². The van der Waals surface area contributed by atoms with Gasteiger partial charge in [-0.2, -0.15) is 0 Å². The summed E-state index contributed by atoms with van der Waals surface area (Å²) in [6.07, 6.45) is 1.75. The minimum atomic E-state index is -2.16. The highest BCUT2D eigenvalue weighted by Crippen LogP contribution is 2.32. The Balaban J connectivity index is 1.04. The van der Waals surface area contributed by atoms with Crippen molar-refractivity contribution >= 4 is 28.4 Å². The van der Waals surface area contributed by atoms with Gasteiger partial charge in [0.15, 0.2) is 0 Å². The molecule has 6 N–H and O–H groups in total. The molecule has 0 spiro atoms. The van der Waals surface area contributed by atoms with Gasteiger partial charge in [0.05, 0.1) is 11.6 Å². The lowest BCUT2D eigenvalue weighted by Gasteiger charge is -2.27. The summed E-state index contributed by atoms with van der Waals surface area (Å²) >= 11 is 0. The average Bonchev–Trinajstić information content (AvgIpc) is 3.12. The topological polar surface area (TPSA) is 163 Å². The molecule has 244 valence electrons. The third-order valence-electron chi connectivity index (χ3n) is 8.80. The van der Waals surface area contributed by atoms with Crippen molar-refractivity contribution in [3.63, 3.8) is 0 Å². The van der Waals surface area contributed by atoms with Gasteiger partial charge < -0.3 is 35.6 Å². The van der Waals surface area contributed by atoms with Crippen LogP contribution in [0.25, 0.3) is 16.5 Å². The molecule has 6 rings (SSSR count). The van der Waals surface area contributed by atoms with E-state index in [1.165, 1.54) is 12.1 Å². The number of rotatable bonds is 10. The van der Waals surface area contributed by atoms with Gasteiger partial charge in [0.2, 0.25) is 11.2 Å². The predicted molar refractivity (Wildman–Crippen MR) is 181 cm³/mol. The normalized spacial score (nSPS) is 15.0. The summed E-state index contributed by atoms with van der Waals surface area (Å²) in [6, 6.07) is 28.5. The van der Waals surface area contributed by atoms with Crippen molar-refractivity contribution in [2.45, 2.75) is 24.7 Å². The fourth-order valence-corrected chi connectivity index (χ4v) is 6.09. The Bertz CT molecular complexity index is 2040. The van der Waals surface area contributed by atoms with Crippen molar-refractivity contribution in [3.05, 3.63) is 153 Å². The highest BCUT2D eigenvalue weighted by atomic mass is 16.4. The van der Waals surface area contributed by atoms with E-state index in [9.17, 15) is 34.8 Å². The molecule has 0 bridgehead atoms. The first-order valence-electron chi connectivity index (χ1n) is 15.6. The molecule has 0 radical (unpaired) electrons. The molecule has 1 aliphatic rings. The number of hydrogen-bond donors (Lipinski definition) is 6. The number of pyridine rings is 1.